The average molecular weight is 387 g/mol. The van der Waals surface area contributed by atoms with E-state index in [-0.39, 0.29) is 29.2 Å². The first kappa shape index (κ1) is 21.3. The molecule has 2 aliphatic heterocycles. The molecule has 2 heterocycles. The molecule has 1 N–H and O–H groups in total. The molecule has 150 valence electrons. The predicted octanol–water partition coefficient (Wildman–Crippen LogP) is 2.57. The lowest BCUT2D eigenvalue weighted by atomic mass is 10.0. The van der Waals surface area contributed by atoms with Gasteiger partial charge in [-0.3, -0.25) is 10.2 Å². The minimum Gasteiger partial charge on any atom is -0.463 e. The summed E-state index contributed by atoms with van der Waals surface area (Å²) in [6, 6.07) is -0.232. The second-order valence-corrected chi connectivity index (χ2v) is 13.5. The summed E-state index contributed by atoms with van der Waals surface area (Å²) in [6.45, 7) is 15.2. The predicted molar refractivity (Wildman–Crippen MR) is 101 cm³/mol. The van der Waals surface area contributed by atoms with Gasteiger partial charge in [0.25, 0.3) is 0 Å². The molecular formula is C18H34N2O5Si. The monoisotopic (exact) mass is 386 g/mol. The van der Waals surface area contributed by atoms with Crippen LogP contribution in [-0.4, -0.2) is 56.3 Å². The van der Waals surface area contributed by atoms with Crippen molar-refractivity contribution in [2.45, 2.75) is 96.5 Å². The fourth-order valence-electron chi connectivity index (χ4n) is 2.98. The molecule has 0 radical (unpaired) electrons. The summed E-state index contributed by atoms with van der Waals surface area (Å²) in [7, 11) is -2.05. The molecule has 26 heavy (non-hydrogen) atoms. The standard InChI is InChI=1S/C18H34N2O5Si/c1-8-9-10-23-17(22)16-20-13(11-14(21)19-20)15(12(2)24-16)25-26(6,7)18(3,4)5/h12-13,15-16H,8-11H2,1-7H3,(H,19,21)/t12?,13-,15+,16+/m1/s1. The molecule has 0 spiro atoms. The number of carbonyl (C=O) groups excluding carboxylic acids is 2. The van der Waals surface area contributed by atoms with Gasteiger partial charge in [0.05, 0.1) is 24.9 Å². The van der Waals surface area contributed by atoms with Gasteiger partial charge in [-0.2, -0.15) is 5.01 Å². The van der Waals surface area contributed by atoms with Gasteiger partial charge in [-0.05, 0) is 31.5 Å². The lowest BCUT2D eigenvalue weighted by Crippen LogP contribution is -2.65. The summed E-state index contributed by atoms with van der Waals surface area (Å²) in [5.41, 5.74) is 2.76. The van der Waals surface area contributed by atoms with Crippen molar-refractivity contribution < 1.29 is 23.5 Å². The van der Waals surface area contributed by atoms with Crippen LogP contribution in [-0.2, 0) is 23.5 Å². The number of hydrazine groups is 1. The topological polar surface area (TPSA) is 77.1 Å². The summed E-state index contributed by atoms with van der Waals surface area (Å²) in [6.07, 6.45) is 0.557. The summed E-state index contributed by atoms with van der Waals surface area (Å²) >= 11 is 0. The maximum Gasteiger partial charge on any atom is 0.352 e. The van der Waals surface area contributed by atoms with Crippen LogP contribution in [0.25, 0.3) is 0 Å². The van der Waals surface area contributed by atoms with Gasteiger partial charge in [-0.25, -0.2) is 4.79 Å². The van der Waals surface area contributed by atoms with Crippen LogP contribution in [0.2, 0.25) is 18.1 Å². The highest BCUT2D eigenvalue weighted by Gasteiger charge is 2.53. The van der Waals surface area contributed by atoms with Crippen LogP contribution in [0.1, 0.15) is 53.9 Å². The Morgan fingerprint density at radius 2 is 2.04 bits per heavy atom. The summed E-state index contributed by atoms with van der Waals surface area (Å²) < 4.78 is 17.8. The van der Waals surface area contributed by atoms with Crippen molar-refractivity contribution in [2.75, 3.05) is 6.61 Å². The van der Waals surface area contributed by atoms with Gasteiger partial charge in [0.15, 0.2) is 8.32 Å². The molecule has 7 nitrogen and oxygen atoms in total. The molecule has 0 aromatic carbocycles. The van der Waals surface area contributed by atoms with Crippen molar-refractivity contribution in [2.24, 2.45) is 0 Å². The molecule has 2 aliphatic rings. The van der Waals surface area contributed by atoms with Gasteiger partial charge in [-0.15, -0.1) is 0 Å². The Morgan fingerprint density at radius 3 is 2.62 bits per heavy atom. The molecule has 2 saturated heterocycles. The van der Waals surface area contributed by atoms with Gasteiger partial charge in [-0.1, -0.05) is 34.1 Å². The molecule has 0 bridgehead atoms. The largest absolute Gasteiger partial charge is 0.463 e. The van der Waals surface area contributed by atoms with E-state index < -0.39 is 20.5 Å². The van der Waals surface area contributed by atoms with E-state index in [2.05, 4.69) is 39.3 Å². The Kier molecular flexibility index (Phi) is 6.53. The third-order valence-electron chi connectivity index (χ3n) is 5.62. The molecule has 0 aliphatic carbocycles. The normalized spacial score (nSPS) is 30.0. The van der Waals surface area contributed by atoms with Gasteiger partial charge in [0.1, 0.15) is 0 Å². The molecule has 0 aromatic heterocycles. The first-order valence-corrected chi connectivity index (χ1v) is 12.5. The minimum atomic E-state index is -2.05. The second kappa shape index (κ2) is 7.96. The van der Waals surface area contributed by atoms with Gasteiger partial charge in [0, 0.05) is 6.42 Å². The second-order valence-electron chi connectivity index (χ2n) is 8.77. The fraction of sp³-hybridized carbons (Fsp3) is 0.889. The maximum atomic E-state index is 12.4. The lowest BCUT2D eigenvalue weighted by molar-refractivity contribution is -0.222. The SMILES string of the molecule is CCCCOC(=O)[C@@H]1OC(C)[C@H](O[Si](C)(C)C(C)(C)C)[C@H]2CC(=O)NN21. The fourth-order valence-corrected chi connectivity index (χ4v) is 4.36. The zero-order valence-electron chi connectivity index (χ0n) is 17.1. The molecule has 1 amide bonds. The number of ether oxygens (including phenoxy) is 2. The molecule has 0 aromatic rings. The van der Waals surface area contributed by atoms with Crippen LogP contribution in [0.4, 0.5) is 0 Å². The van der Waals surface area contributed by atoms with E-state index in [0.717, 1.165) is 12.8 Å². The van der Waals surface area contributed by atoms with Crippen molar-refractivity contribution in [1.29, 1.82) is 0 Å². The first-order valence-electron chi connectivity index (χ1n) is 9.55. The van der Waals surface area contributed by atoms with Crippen molar-refractivity contribution in [3.8, 4) is 0 Å². The molecule has 1 unspecified atom stereocenters. The molecule has 0 saturated carbocycles. The first-order chi connectivity index (χ1) is 12.0. The van der Waals surface area contributed by atoms with Crippen LogP contribution in [0.5, 0.6) is 0 Å². The number of hydrogen-bond donors (Lipinski definition) is 1. The Hall–Kier alpha value is -0.963. The molecule has 2 rings (SSSR count). The molecular weight excluding hydrogens is 352 g/mol. The van der Waals surface area contributed by atoms with Crippen LogP contribution >= 0.6 is 0 Å². The summed E-state index contributed by atoms with van der Waals surface area (Å²) in [4.78, 5) is 24.5. The molecule has 8 heteroatoms. The molecule has 2 fully saturated rings. The number of amides is 1. The number of esters is 1. The van der Waals surface area contributed by atoms with E-state index in [1.165, 1.54) is 0 Å². The third kappa shape index (κ3) is 4.47. The zero-order chi connectivity index (χ0) is 19.7. The van der Waals surface area contributed by atoms with Crippen LogP contribution in [0.15, 0.2) is 0 Å². The Labute approximate surface area is 157 Å². The number of unbranched alkanes of at least 4 members (excludes halogenated alkanes) is 1. The van der Waals surface area contributed by atoms with Gasteiger partial charge < -0.3 is 13.9 Å². The maximum absolute atomic E-state index is 12.4. The van der Waals surface area contributed by atoms with Gasteiger partial charge in [0.2, 0.25) is 12.1 Å². The smallest absolute Gasteiger partial charge is 0.352 e. The lowest BCUT2D eigenvalue weighted by Gasteiger charge is -2.48. The Bertz CT molecular complexity index is 534. The van der Waals surface area contributed by atoms with Crippen LogP contribution < -0.4 is 5.43 Å². The number of fused-ring (bicyclic) bond motifs is 1. The highest BCUT2D eigenvalue weighted by atomic mass is 28.4. The Balaban J connectivity index is 2.16. The molecule has 4 atom stereocenters. The third-order valence-corrected chi connectivity index (χ3v) is 10.1. The summed E-state index contributed by atoms with van der Waals surface area (Å²) in [5.74, 6) is -0.578. The van der Waals surface area contributed by atoms with E-state index in [1.54, 1.807) is 5.01 Å². The number of nitrogens with one attached hydrogen (secondary N) is 1. The van der Waals surface area contributed by atoms with E-state index in [0.29, 0.717) is 13.0 Å². The zero-order valence-corrected chi connectivity index (χ0v) is 18.1. The highest BCUT2D eigenvalue weighted by Crippen LogP contribution is 2.40. The van der Waals surface area contributed by atoms with Crippen LogP contribution in [0, 0.1) is 0 Å². The number of carbonyl (C=O) groups is 2. The quantitative estimate of drug-likeness (QED) is 0.429. The summed E-state index contributed by atoms with van der Waals surface area (Å²) in [5, 5.41) is 1.64. The van der Waals surface area contributed by atoms with Crippen molar-refractivity contribution in [3.63, 3.8) is 0 Å². The van der Waals surface area contributed by atoms with E-state index in [1.807, 2.05) is 13.8 Å². The van der Waals surface area contributed by atoms with E-state index >= 15 is 0 Å². The number of nitrogens with zero attached hydrogens (tertiary/aromatic N) is 1. The van der Waals surface area contributed by atoms with Crippen LogP contribution in [0.3, 0.4) is 0 Å². The highest BCUT2D eigenvalue weighted by molar-refractivity contribution is 6.74. The van der Waals surface area contributed by atoms with E-state index in [4.69, 9.17) is 13.9 Å². The van der Waals surface area contributed by atoms with Crippen molar-refractivity contribution in [1.82, 2.24) is 10.4 Å². The minimum absolute atomic E-state index is 0.0452. The number of hydrogen-bond acceptors (Lipinski definition) is 6. The van der Waals surface area contributed by atoms with Crippen molar-refractivity contribution in [3.05, 3.63) is 0 Å². The van der Waals surface area contributed by atoms with Gasteiger partial charge >= 0.3 is 5.97 Å². The average Bonchev–Trinajstić information content (AvgIpc) is 2.90. The van der Waals surface area contributed by atoms with Crippen molar-refractivity contribution >= 4 is 20.2 Å². The Morgan fingerprint density at radius 1 is 1.38 bits per heavy atom. The van der Waals surface area contributed by atoms with E-state index in [9.17, 15) is 9.59 Å². The number of rotatable bonds is 6.